The summed E-state index contributed by atoms with van der Waals surface area (Å²) >= 11 is 17.6. The van der Waals surface area contributed by atoms with Crippen molar-refractivity contribution >= 4 is 64.5 Å². The molecule has 2 amide bonds. The maximum atomic E-state index is 12.2. The third-order valence-corrected chi connectivity index (χ3v) is 4.73. The number of carbonyl (C=O) groups excluding carboxylic acids is 3. The molecule has 0 aliphatic heterocycles. The predicted molar refractivity (Wildman–Crippen MR) is 124 cm³/mol. The van der Waals surface area contributed by atoms with Crippen molar-refractivity contribution in [2.45, 2.75) is 0 Å². The topological polar surface area (TPSA) is 96.9 Å². The van der Waals surface area contributed by atoms with Gasteiger partial charge >= 0.3 is 17.8 Å². The van der Waals surface area contributed by atoms with Crippen LogP contribution in [0.5, 0.6) is 5.75 Å². The Labute approximate surface area is 197 Å². The number of carbonyl (C=O) groups is 3. The molecule has 0 fully saturated rings. The molecule has 0 saturated carbocycles. The van der Waals surface area contributed by atoms with Crippen LogP contribution in [0.3, 0.4) is 0 Å². The molecule has 10 heteroatoms. The summed E-state index contributed by atoms with van der Waals surface area (Å²) in [7, 11) is 0. The van der Waals surface area contributed by atoms with E-state index in [9.17, 15) is 14.4 Å². The van der Waals surface area contributed by atoms with Crippen molar-refractivity contribution in [3.05, 3.63) is 92.9 Å². The normalized spacial score (nSPS) is 10.6. The van der Waals surface area contributed by atoms with Gasteiger partial charge in [0.25, 0.3) is 0 Å². The SMILES string of the molecule is O=C(N/N=C/c1ccc(OC(=O)c2ccc(Cl)cc2Cl)cc1)C(=O)Nc1ccc(Cl)cc1. The number of nitrogens with zero attached hydrogens (tertiary/aromatic N) is 1. The Morgan fingerprint density at radius 2 is 1.47 bits per heavy atom. The summed E-state index contributed by atoms with van der Waals surface area (Å²) in [6.07, 6.45) is 1.33. The average Bonchev–Trinajstić information content (AvgIpc) is 2.76. The Kier molecular flexibility index (Phi) is 7.83. The minimum atomic E-state index is -0.943. The van der Waals surface area contributed by atoms with Gasteiger partial charge in [0.15, 0.2) is 0 Å². The number of amides is 2. The van der Waals surface area contributed by atoms with Gasteiger partial charge < -0.3 is 10.1 Å². The standard InChI is InChI=1S/C22H14Cl3N3O4/c23-14-3-6-16(7-4-14)27-20(29)21(30)28-26-12-13-1-8-17(9-2-13)32-22(31)18-10-5-15(24)11-19(18)25/h1-12H,(H,27,29)(H,28,30)/b26-12+. The van der Waals surface area contributed by atoms with Crippen molar-refractivity contribution in [2.24, 2.45) is 5.10 Å². The van der Waals surface area contributed by atoms with Crippen LogP contribution in [0, 0.1) is 0 Å². The fraction of sp³-hybridized carbons (Fsp3) is 0. The molecule has 0 bridgehead atoms. The Bertz CT molecular complexity index is 1180. The van der Waals surface area contributed by atoms with E-state index < -0.39 is 17.8 Å². The van der Waals surface area contributed by atoms with Crippen LogP contribution >= 0.6 is 34.8 Å². The first kappa shape index (κ1) is 23.3. The molecule has 0 atom stereocenters. The molecule has 7 nitrogen and oxygen atoms in total. The highest BCUT2D eigenvalue weighted by Crippen LogP contribution is 2.23. The van der Waals surface area contributed by atoms with E-state index in [1.165, 1.54) is 36.5 Å². The van der Waals surface area contributed by atoms with Gasteiger partial charge in [-0.05, 0) is 72.3 Å². The molecular formula is C22H14Cl3N3O4. The largest absolute Gasteiger partial charge is 0.423 e. The van der Waals surface area contributed by atoms with Gasteiger partial charge in [0.05, 0.1) is 16.8 Å². The molecule has 0 radical (unpaired) electrons. The van der Waals surface area contributed by atoms with E-state index >= 15 is 0 Å². The first-order valence-electron chi connectivity index (χ1n) is 8.99. The first-order chi connectivity index (χ1) is 15.3. The smallest absolute Gasteiger partial charge is 0.345 e. The van der Waals surface area contributed by atoms with E-state index in [4.69, 9.17) is 39.5 Å². The molecule has 2 N–H and O–H groups in total. The lowest BCUT2D eigenvalue weighted by atomic mass is 10.2. The molecular weight excluding hydrogens is 477 g/mol. The minimum Gasteiger partial charge on any atom is -0.423 e. The summed E-state index contributed by atoms with van der Waals surface area (Å²) < 4.78 is 5.27. The van der Waals surface area contributed by atoms with Crippen LogP contribution in [0.25, 0.3) is 0 Å². The summed E-state index contributed by atoms with van der Waals surface area (Å²) in [5, 5.41) is 7.24. The highest BCUT2D eigenvalue weighted by Gasteiger charge is 2.14. The number of hydrazone groups is 1. The number of nitrogens with one attached hydrogen (secondary N) is 2. The third kappa shape index (κ3) is 6.55. The third-order valence-electron chi connectivity index (χ3n) is 3.93. The molecule has 3 aromatic carbocycles. The second-order valence-electron chi connectivity index (χ2n) is 6.24. The van der Waals surface area contributed by atoms with Crippen LogP contribution in [0.4, 0.5) is 5.69 Å². The highest BCUT2D eigenvalue weighted by atomic mass is 35.5. The maximum Gasteiger partial charge on any atom is 0.345 e. The van der Waals surface area contributed by atoms with Crippen molar-refractivity contribution in [3.8, 4) is 5.75 Å². The van der Waals surface area contributed by atoms with Gasteiger partial charge in [-0.2, -0.15) is 5.10 Å². The van der Waals surface area contributed by atoms with E-state index in [-0.39, 0.29) is 16.3 Å². The van der Waals surface area contributed by atoms with E-state index in [1.54, 1.807) is 36.4 Å². The number of ether oxygens (including phenoxy) is 1. The lowest BCUT2D eigenvalue weighted by Crippen LogP contribution is -2.32. The van der Waals surface area contributed by atoms with Gasteiger partial charge in [-0.3, -0.25) is 9.59 Å². The lowest BCUT2D eigenvalue weighted by molar-refractivity contribution is -0.136. The summed E-state index contributed by atoms with van der Waals surface area (Å²) in [4.78, 5) is 35.9. The minimum absolute atomic E-state index is 0.182. The number of halogens is 3. The van der Waals surface area contributed by atoms with Gasteiger partial charge in [0.1, 0.15) is 5.75 Å². The van der Waals surface area contributed by atoms with Crippen LogP contribution in [0.15, 0.2) is 71.8 Å². The van der Waals surface area contributed by atoms with Crippen LogP contribution in [0.2, 0.25) is 15.1 Å². The fourth-order valence-electron chi connectivity index (χ4n) is 2.38. The van der Waals surface area contributed by atoms with Crippen LogP contribution < -0.4 is 15.5 Å². The van der Waals surface area contributed by atoms with Crippen LogP contribution in [-0.4, -0.2) is 24.0 Å². The van der Waals surface area contributed by atoms with Gasteiger partial charge in [-0.15, -0.1) is 0 Å². The molecule has 0 saturated heterocycles. The molecule has 0 aromatic heterocycles. The Morgan fingerprint density at radius 1 is 0.812 bits per heavy atom. The zero-order valence-corrected chi connectivity index (χ0v) is 18.4. The average molecular weight is 491 g/mol. The number of benzene rings is 3. The van der Waals surface area contributed by atoms with Crippen molar-refractivity contribution in [1.82, 2.24) is 5.43 Å². The quantitative estimate of drug-likeness (QED) is 0.174. The second-order valence-corrected chi connectivity index (χ2v) is 7.52. The molecule has 32 heavy (non-hydrogen) atoms. The molecule has 0 spiro atoms. The number of anilines is 1. The lowest BCUT2D eigenvalue weighted by Gasteiger charge is -2.06. The van der Waals surface area contributed by atoms with Gasteiger partial charge in [0.2, 0.25) is 0 Å². The van der Waals surface area contributed by atoms with Crippen molar-refractivity contribution in [1.29, 1.82) is 0 Å². The zero-order valence-electron chi connectivity index (χ0n) is 16.1. The highest BCUT2D eigenvalue weighted by molar-refractivity contribution is 6.39. The second kappa shape index (κ2) is 10.8. The Hall–Kier alpha value is -3.39. The van der Waals surface area contributed by atoms with Crippen molar-refractivity contribution in [2.75, 3.05) is 5.32 Å². The maximum absolute atomic E-state index is 12.2. The van der Waals surface area contributed by atoms with E-state index in [1.807, 2.05) is 0 Å². The van der Waals surface area contributed by atoms with E-state index in [0.29, 0.717) is 21.3 Å². The molecule has 3 rings (SSSR count). The predicted octanol–water partition coefficient (Wildman–Crippen LogP) is 4.95. The van der Waals surface area contributed by atoms with Crippen LogP contribution in [0.1, 0.15) is 15.9 Å². The molecule has 162 valence electrons. The van der Waals surface area contributed by atoms with E-state index in [2.05, 4.69) is 15.8 Å². The van der Waals surface area contributed by atoms with Crippen LogP contribution in [-0.2, 0) is 9.59 Å². The van der Waals surface area contributed by atoms with Crippen molar-refractivity contribution < 1.29 is 19.1 Å². The Balaban J connectivity index is 1.52. The van der Waals surface area contributed by atoms with Crippen molar-refractivity contribution in [3.63, 3.8) is 0 Å². The summed E-state index contributed by atoms with van der Waals surface area (Å²) in [5.41, 5.74) is 3.32. The van der Waals surface area contributed by atoms with Gasteiger partial charge in [0, 0.05) is 15.7 Å². The number of hydrogen-bond acceptors (Lipinski definition) is 5. The van der Waals surface area contributed by atoms with E-state index in [0.717, 1.165) is 0 Å². The zero-order chi connectivity index (χ0) is 23.1. The molecule has 3 aromatic rings. The number of rotatable bonds is 5. The van der Waals surface area contributed by atoms with Gasteiger partial charge in [-0.1, -0.05) is 34.8 Å². The first-order valence-corrected chi connectivity index (χ1v) is 10.1. The molecule has 0 aliphatic rings. The summed E-state index contributed by atoms with van der Waals surface area (Å²) in [6, 6.07) is 17.0. The summed E-state index contributed by atoms with van der Waals surface area (Å²) in [5.74, 6) is -2.18. The number of esters is 1. The molecule has 0 heterocycles. The Morgan fingerprint density at radius 3 is 2.12 bits per heavy atom. The summed E-state index contributed by atoms with van der Waals surface area (Å²) in [6.45, 7) is 0. The van der Waals surface area contributed by atoms with Gasteiger partial charge in [-0.25, -0.2) is 10.2 Å². The fourth-order valence-corrected chi connectivity index (χ4v) is 2.99. The monoisotopic (exact) mass is 489 g/mol. The molecule has 0 aliphatic carbocycles. The number of hydrogen-bond donors (Lipinski definition) is 2. The molecule has 0 unspecified atom stereocenters.